The maximum Gasteiger partial charge on any atom is 0.343 e. The molecule has 2 heterocycles. The number of para-hydroxylation sites is 2. The normalized spacial score (nSPS) is 18.4. The van der Waals surface area contributed by atoms with E-state index in [0.29, 0.717) is 30.1 Å². The van der Waals surface area contributed by atoms with Gasteiger partial charge in [0.05, 0.1) is 11.3 Å². The van der Waals surface area contributed by atoms with Crippen LogP contribution in [0.15, 0.2) is 57.5 Å². The summed E-state index contributed by atoms with van der Waals surface area (Å²) in [5, 5.41) is 40.9. The van der Waals surface area contributed by atoms with Crippen molar-refractivity contribution in [1.29, 1.82) is 0 Å². The third-order valence-electron chi connectivity index (χ3n) is 5.65. The van der Waals surface area contributed by atoms with Gasteiger partial charge in [-0.1, -0.05) is 34.1 Å². The molecule has 2 aliphatic heterocycles. The van der Waals surface area contributed by atoms with Gasteiger partial charge in [-0.2, -0.15) is 0 Å². The van der Waals surface area contributed by atoms with Crippen molar-refractivity contribution in [2.75, 3.05) is 20.1 Å². The lowest BCUT2D eigenvalue weighted by atomic mass is 9.81. The summed E-state index contributed by atoms with van der Waals surface area (Å²) >= 11 is 3.25. The molecule has 4 rings (SSSR count). The van der Waals surface area contributed by atoms with Gasteiger partial charge >= 0.3 is 11.9 Å². The number of carbonyl (C=O) groups is 2. The number of aliphatic imine (C=N–C) groups is 1. The van der Waals surface area contributed by atoms with Gasteiger partial charge in [-0.15, -0.1) is 0 Å². The van der Waals surface area contributed by atoms with Crippen LogP contribution >= 0.6 is 15.9 Å². The average Bonchev–Trinajstić information content (AvgIpc) is 2.94. The Kier molecular flexibility index (Phi) is 6.10. The Morgan fingerprint density at radius 2 is 1.91 bits per heavy atom. The van der Waals surface area contributed by atoms with Gasteiger partial charge in [0.1, 0.15) is 11.4 Å². The van der Waals surface area contributed by atoms with Crippen LogP contribution in [0.1, 0.15) is 17.5 Å². The Labute approximate surface area is 197 Å². The fourth-order valence-corrected chi connectivity index (χ4v) is 4.65. The second-order valence-electron chi connectivity index (χ2n) is 7.89. The molecule has 0 aromatic heterocycles. The molecule has 172 valence electrons. The van der Waals surface area contributed by atoms with Crippen LogP contribution in [-0.2, 0) is 15.2 Å². The zero-order valence-corrected chi connectivity index (χ0v) is 19.1. The van der Waals surface area contributed by atoms with Gasteiger partial charge in [0.15, 0.2) is 11.9 Å². The second kappa shape index (κ2) is 8.71. The van der Waals surface area contributed by atoms with E-state index < -0.39 is 23.6 Å². The van der Waals surface area contributed by atoms with Gasteiger partial charge in [0, 0.05) is 23.1 Å². The number of fused-ring (bicyclic) bond motifs is 2. The lowest BCUT2D eigenvalue weighted by Gasteiger charge is -2.31. The molecular weight excluding hydrogens is 496 g/mol. The van der Waals surface area contributed by atoms with Gasteiger partial charge in [0.25, 0.3) is 0 Å². The predicted octanol–water partition coefficient (Wildman–Crippen LogP) is 2.66. The van der Waals surface area contributed by atoms with Crippen LogP contribution in [0.5, 0.6) is 11.5 Å². The highest BCUT2D eigenvalue weighted by Crippen LogP contribution is 2.45. The van der Waals surface area contributed by atoms with E-state index in [1.165, 1.54) is 6.07 Å². The van der Waals surface area contributed by atoms with E-state index >= 15 is 0 Å². The number of aliphatic carboxylic acids is 2. The molecule has 10 heteroatoms. The molecule has 0 radical (unpaired) electrons. The molecule has 0 amide bonds. The Bertz CT molecular complexity index is 1210. The standard InChI is InChI=1S/C23H21BrN2O7/c1-26-10-4-5-12(11-26)19-17-16(33-15-7-3-2-6-14(15)25-19)9-8-13(24)18(17)23(32,22(30)31)20(27)21(28)29/h2-3,5-9,20,27,32H,4,10-11H2,1H3,(H,28,29)(H,30,31). The number of rotatable bonds is 5. The van der Waals surface area contributed by atoms with Crippen LogP contribution in [-0.4, -0.2) is 69.2 Å². The number of likely N-dealkylation sites (N-methyl/N-ethyl adjacent to an activating group) is 1. The maximum atomic E-state index is 12.2. The first-order valence-electron chi connectivity index (χ1n) is 10.1. The lowest BCUT2D eigenvalue weighted by Crippen LogP contribution is -2.51. The summed E-state index contributed by atoms with van der Waals surface area (Å²) in [6.45, 7) is 1.30. The van der Waals surface area contributed by atoms with Gasteiger partial charge < -0.3 is 30.1 Å². The molecule has 2 aliphatic rings. The number of benzene rings is 2. The molecule has 0 spiro atoms. The number of aliphatic hydroxyl groups excluding tert-OH is 1. The number of carboxylic acids is 2. The van der Waals surface area contributed by atoms with Crippen LogP contribution in [0.4, 0.5) is 5.69 Å². The summed E-state index contributed by atoms with van der Waals surface area (Å²) in [7, 11) is 1.93. The number of carboxylic acid groups (broad SMARTS) is 2. The van der Waals surface area contributed by atoms with E-state index in [9.17, 15) is 30.0 Å². The van der Waals surface area contributed by atoms with Crippen molar-refractivity contribution in [3.05, 3.63) is 63.6 Å². The number of hydrogen-bond acceptors (Lipinski definition) is 7. The highest BCUT2D eigenvalue weighted by atomic mass is 79.9. The van der Waals surface area contributed by atoms with Crippen LogP contribution in [0.2, 0.25) is 0 Å². The predicted molar refractivity (Wildman–Crippen MR) is 122 cm³/mol. The minimum Gasteiger partial charge on any atom is -0.479 e. The van der Waals surface area contributed by atoms with Crippen molar-refractivity contribution in [1.82, 2.24) is 4.90 Å². The highest BCUT2D eigenvalue weighted by molar-refractivity contribution is 9.10. The number of ether oxygens (including phenoxy) is 1. The third-order valence-corrected chi connectivity index (χ3v) is 6.31. The summed E-state index contributed by atoms with van der Waals surface area (Å²) < 4.78 is 6.13. The fraction of sp³-hybridized carbons (Fsp3) is 0.261. The molecule has 2 atom stereocenters. The van der Waals surface area contributed by atoms with Crippen molar-refractivity contribution >= 4 is 39.3 Å². The van der Waals surface area contributed by atoms with Crippen LogP contribution < -0.4 is 4.74 Å². The topological polar surface area (TPSA) is 140 Å². The maximum absolute atomic E-state index is 12.2. The highest BCUT2D eigenvalue weighted by Gasteiger charge is 2.53. The molecule has 2 unspecified atom stereocenters. The minimum atomic E-state index is -3.20. The summed E-state index contributed by atoms with van der Waals surface area (Å²) in [6.07, 6.45) is 0.0226. The summed E-state index contributed by atoms with van der Waals surface area (Å²) in [5.41, 5.74) is -1.90. The van der Waals surface area contributed by atoms with Crippen LogP contribution in [0, 0.1) is 0 Å². The molecule has 4 N–H and O–H groups in total. The molecule has 2 aromatic carbocycles. The first kappa shape index (κ1) is 23.1. The molecule has 33 heavy (non-hydrogen) atoms. The van der Waals surface area contributed by atoms with Crippen molar-refractivity contribution in [3.63, 3.8) is 0 Å². The van der Waals surface area contributed by atoms with E-state index in [1.807, 2.05) is 13.1 Å². The number of aliphatic hydroxyl groups is 2. The van der Waals surface area contributed by atoms with E-state index in [0.717, 1.165) is 12.1 Å². The van der Waals surface area contributed by atoms with Crippen LogP contribution in [0.25, 0.3) is 0 Å². The van der Waals surface area contributed by atoms with E-state index in [4.69, 9.17) is 9.73 Å². The number of hydrogen-bond donors (Lipinski definition) is 4. The Balaban J connectivity index is 2.08. The van der Waals surface area contributed by atoms with E-state index in [-0.39, 0.29) is 21.3 Å². The number of halogens is 1. The molecule has 0 aliphatic carbocycles. The quantitative estimate of drug-likeness (QED) is 0.475. The average molecular weight is 517 g/mol. The molecule has 0 saturated carbocycles. The first-order valence-corrected chi connectivity index (χ1v) is 10.9. The van der Waals surface area contributed by atoms with Gasteiger partial charge in [0.2, 0.25) is 5.60 Å². The summed E-state index contributed by atoms with van der Waals surface area (Å²) in [5.74, 6) is -3.24. The molecule has 0 bridgehead atoms. The zero-order valence-electron chi connectivity index (χ0n) is 17.5. The zero-order chi connectivity index (χ0) is 23.9. The van der Waals surface area contributed by atoms with Gasteiger partial charge in [-0.05, 0) is 43.3 Å². The van der Waals surface area contributed by atoms with Crippen LogP contribution in [0.3, 0.4) is 0 Å². The van der Waals surface area contributed by atoms with Gasteiger partial charge in [-0.25, -0.2) is 14.6 Å². The lowest BCUT2D eigenvalue weighted by molar-refractivity contribution is -0.185. The largest absolute Gasteiger partial charge is 0.479 e. The SMILES string of the molecule is CN1CCC=C(C2=Nc3ccccc3Oc3ccc(Br)c(C(O)(C(=O)O)C(O)C(=O)O)c32)C1. The van der Waals surface area contributed by atoms with E-state index in [1.54, 1.807) is 30.3 Å². The van der Waals surface area contributed by atoms with Crippen molar-refractivity contribution < 1.29 is 34.8 Å². The number of nitrogens with zero attached hydrogens (tertiary/aromatic N) is 2. The second-order valence-corrected chi connectivity index (χ2v) is 8.75. The summed E-state index contributed by atoms with van der Waals surface area (Å²) in [4.78, 5) is 30.7. The fourth-order valence-electron chi connectivity index (χ4n) is 4.02. The molecule has 0 saturated heterocycles. The molecule has 0 fully saturated rings. The third kappa shape index (κ3) is 3.95. The minimum absolute atomic E-state index is 0.0819. The first-order chi connectivity index (χ1) is 15.6. The van der Waals surface area contributed by atoms with Gasteiger partial charge in [-0.3, -0.25) is 0 Å². The van der Waals surface area contributed by atoms with E-state index in [2.05, 4.69) is 20.8 Å². The van der Waals surface area contributed by atoms with Crippen molar-refractivity contribution in [3.8, 4) is 11.5 Å². The van der Waals surface area contributed by atoms with Crippen molar-refractivity contribution in [2.24, 2.45) is 4.99 Å². The Morgan fingerprint density at radius 1 is 1.18 bits per heavy atom. The molecule has 2 aromatic rings. The Hall–Kier alpha value is -3.05. The Morgan fingerprint density at radius 3 is 2.58 bits per heavy atom. The monoisotopic (exact) mass is 516 g/mol. The smallest absolute Gasteiger partial charge is 0.343 e. The molecular formula is C23H21BrN2O7. The summed E-state index contributed by atoms with van der Waals surface area (Å²) in [6, 6.07) is 9.97. The van der Waals surface area contributed by atoms with Crippen molar-refractivity contribution in [2.45, 2.75) is 18.1 Å². The molecule has 9 nitrogen and oxygen atoms in total.